The van der Waals surface area contributed by atoms with E-state index in [0.717, 1.165) is 0 Å². The van der Waals surface area contributed by atoms with Crippen molar-refractivity contribution in [3.63, 3.8) is 0 Å². The summed E-state index contributed by atoms with van der Waals surface area (Å²) < 4.78 is 16.6. The Bertz CT molecular complexity index is 867. The van der Waals surface area contributed by atoms with Gasteiger partial charge in [0, 0.05) is 18.8 Å². The largest absolute Gasteiger partial charge is 0.503 e. The molecule has 9 nitrogen and oxygen atoms in total. The van der Waals surface area contributed by atoms with Crippen LogP contribution < -0.4 is 4.74 Å². The summed E-state index contributed by atoms with van der Waals surface area (Å²) in [6.45, 7) is 3.09. The van der Waals surface area contributed by atoms with Gasteiger partial charge < -0.3 is 29.3 Å². The minimum Gasteiger partial charge on any atom is -0.503 e. The van der Waals surface area contributed by atoms with Gasteiger partial charge in [-0.05, 0) is 31.2 Å². The number of aromatic nitrogens is 1. The van der Waals surface area contributed by atoms with Crippen molar-refractivity contribution in [1.82, 2.24) is 9.47 Å². The highest BCUT2D eigenvalue weighted by atomic mass is 16.5. The molecule has 0 saturated carbocycles. The second-order valence-corrected chi connectivity index (χ2v) is 6.05. The first kappa shape index (κ1) is 19.6. The topological polar surface area (TPSA) is 110 Å². The monoisotopic (exact) mass is 390 g/mol. The zero-order chi connectivity index (χ0) is 20.3. The zero-order valence-electron chi connectivity index (χ0n) is 15.7. The van der Waals surface area contributed by atoms with Crippen LogP contribution in [0.2, 0.25) is 0 Å². The molecule has 0 radical (unpaired) electrons. The first-order valence-corrected chi connectivity index (χ1v) is 8.84. The quantitative estimate of drug-likeness (QED) is 0.745. The van der Waals surface area contributed by atoms with Gasteiger partial charge in [0.15, 0.2) is 22.9 Å². The summed E-state index contributed by atoms with van der Waals surface area (Å²) >= 11 is 0. The summed E-state index contributed by atoms with van der Waals surface area (Å²) in [5.41, 5.74) is -0.148. The van der Waals surface area contributed by atoms with E-state index in [1.54, 1.807) is 31.2 Å². The third-order valence-electron chi connectivity index (χ3n) is 4.42. The Kier molecular flexibility index (Phi) is 5.74. The number of morpholine rings is 1. The third kappa shape index (κ3) is 3.48. The van der Waals surface area contributed by atoms with Gasteiger partial charge in [-0.3, -0.25) is 9.36 Å². The van der Waals surface area contributed by atoms with E-state index in [1.165, 1.54) is 16.6 Å². The average Bonchev–Trinajstić information content (AvgIpc) is 2.99. The average molecular weight is 390 g/mol. The van der Waals surface area contributed by atoms with Crippen LogP contribution in [-0.2, 0) is 9.47 Å². The van der Waals surface area contributed by atoms with Gasteiger partial charge in [0.2, 0.25) is 0 Å². The Morgan fingerprint density at radius 3 is 2.25 bits per heavy atom. The molecule has 1 saturated heterocycles. The van der Waals surface area contributed by atoms with Crippen molar-refractivity contribution in [2.45, 2.75) is 6.92 Å². The lowest BCUT2D eigenvalue weighted by Crippen LogP contribution is -2.41. The maximum absolute atomic E-state index is 13.1. The van der Waals surface area contributed by atoms with Gasteiger partial charge in [-0.2, -0.15) is 0 Å². The minimum absolute atomic E-state index is 0.0690. The van der Waals surface area contributed by atoms with E-state index in [9.17, 15) is 19.8 Å². The summed E-state index contributed by atoms with van der Waals surface area (Å²) in [6.07, 6.45) is 0. The Labute approximate surface area is 161 Å². The molecule has 2 N–H and O–H groups in total. The molecule has 2 aromatic rings. The van der Waals surface area contributed by atoms with Gasteiger partial charge in [0.1, 0.15) is 5.75 Å². The van der Waals surface area contributed by atoms with Crippen LogP contribution in [0.5, 0.6) is 17.2 Å². The van der Waals surface area contributed by atoms with Crippen LogP contribution in [0, 0.1) is 0 Å². The van der Waals surface area contributed by atoms with Gasteiger partial charge in [-0.25, -0.2) is 4.79 Å². The predicted octanol–water partition coefficient (Wildman–Crippen LogP) is 1.55. The fourth-order valence-corrected chi connectivity index (χ4v) is 3.04. The van der Waals surface area contributed by atoms with E-state index in [1.807, 2.05) is 0 Å². The van der Waals surface area contributed by atoms with E-state index in [2.05, 4.69) is 0 Å². The van der Waals surface area contributed by atoms with E-state index in [-0.39, 0.29) is 18.0 Å². The fraction of sp³-hybridized carbons (Fsp3) is 0.368. The molecule has 1 aromatic heterocycles. The molecule has 1 amide bonds. The van der Waals surface area contributed by atoms with Crippen molar-refractivity contribution in [1.29, 1.82) is 0 Å². The molecule has 1 aliphatic heterocycles. The van der Waals surface area contributed by atoms with Gasteiger partial charge in [-0.15, -0.1) is 0 Å². The number of benzene rings is 1. The number of carbonyl (C=O) groups is 2. The zero-order valence-corrected chi connectivity index (χ0v) is 15.7. The summed E-state index contributed by atoms with van der Waals surface area (Å²) in [4.78, 5) is 27.0. The number of ether oxygens (including phenoxy) is 3. The number of amides is 1. The van der Waals surface area contributed by atoms with Crippen molar-refractivity contribution in [3.05, 3.63) is 35.7 Å². The van der Waals surface area contributed by atoms with E-state index < -0.39 is 23.4 Å². The molecular weight excluding hydrogens is 368 g/mol. The molecule has 1 aromatic carbocycles. The van der Waals surface area contributed by atoms with Crippen molar-refractivity contribution in [2.75, 3.05) is 40.0 Å². The molecule has 0 atom stereocenters. The maximum atomic E-state index is 13.1. The lowest BCUT2D eigenvalue weighted by Gasteiger charge is -2.27. The molecule has 0 spiro atoms. The van der Waals surface area contributed by atoms with E-state index in [0.29, 0.717) is 37.7 Å². The van der Waals surface area contributed by atoms with Crippen molar-refractivity contribution in [3.8, 4) is 22.9 Å². The molecule has 9 heteroatoms. The summed E-state index contributed by atoms with van der Waals surface area (Å²) in [5, 5.41) is 20.9. The molecule has 0 aliphatic carbocycles. The highest BCUT2D eigenvalue weighted by Gasteiger charge is 2.34. The van der Waals surface area contributed by atoms with Crippen LogP contribution in [0.15, 0.2) is 24.3 Å². The third-order valence-corrected chi connectivity index (χ3v) is 4.42. The molecule has 2 heterocycles. The summed E-state index contributed by atoms with van der Waals surface area (Å²) in [7, 11) is 1.51. The van der Waals surface area contributed by atoms with Crippen molar-refractivity contribution in [2.24, 2.45) is 0 Å². The minimum atomic E-state index is -0.854. The summed E-state index contributed by atoms with van der Waals surface area (Å²) in [6, 6.07) is 6.50. The summed E-state index contributed by atoms with van der Waals surface area (Å²) in [5.74, 6) is -2.18. The Balaban J connectivity index is 2.18. The molecule has 1 aliphatic rings. The number of aromatic hydroxyl groups is 2. The second kappa shape index (κ2) is 8.22. The maximum Gasteiger partial charge on any atom is 0.359 e. The first-order valence-electron chi connectivity index (χ1n) is 8.84. The van der Waals surface area contributed by atoms with Crippen molar-refractivity contribution >= 4 is 11.9 Å². The highest BCUT2D eigenvalue weighted by molar-refractivity contribution is 6.02. The van der Waals surface area contributed by atoms with Gasteiger partial charge in [0.25, 0.3) is 5.91 Å². The van der Waals surface area contributed by atoms with E-state index in [4.69, 9.17) is 14.2 Å². The molecule has 0 bridgehead atoms. The predicted molar refractivity (Wildman–Crippen MR) is 98.3 cm³/mol. The molecular formula is C19H22N2O7. The number of nitrogens with zero attached hydrogens (tertiary/aromatic N) is 2. The number of rotatable bonds is 5. The first-order chi connectivity index (χ1) is 13.5. The fourth-order valence-electron chi connectivity index (χ4n) is 3.04. The molecule has 3 rings (SSSR count). The Morgan fingerprint density at radius 2 is 1.68 bits per heavy atom. The van der Waals surface area contributed by atoms with E-state index >= 15 is 0 Å². The van der Waals surface area contributed by atoms with Crippen LogP contribution >= 0.6 is 0 Å². The number of carbonyl (C=O) groups excluding carboxylic acids is 2. The van der Waals surface area contributed by atoms with Crippen LogP contribution in [-0.4, -0.2) is 71.6 Å². The Hall–Kier alpha value is -3.20. The van der Waals surface area contributed by atoms with Crippen LogP contribution in [0.3, 0.4) is 0 Å². The molecule has 28 heavy (non-hydrogen) atoms. The molecule has 1 fully saturated rings. The SMILES string of the molecule is CCOC(=O)c1c(O)c(O)c(C(=O)N2CCOCC2)n1-c1ccc(OC)cc1. The van der Waals surface area contributed by atoms with Gasteiger partial charge in [0.05, 0.1) is 26.9 Å². The van der Waals surface area contributed by atoms with Gasteiger partial charge >= 0.3 is 5.97 Å². The molecule has 150 valence electrons. The second-order valence-electron chi connectivity index (χ2n) is 6.05. The normalized spacial score (nSPS) is 14.0. The smallest absolute Gasteiger partial charge is 0.359 e. The number of hydrogen-bond donors (Lipinski definition) is 2. The Morgan fingerprint density at radius 1 is 1.07 bits per heavy atom. The number of hydrogen-bond acceptors (Lipinski definition) is 7. The van der Waals surface area contributed by atoms with Crippen LogP contribution in [0.25, 0.3) is 5.69 Å². The highest BCUT2D eigenvalue weighted by Crippen LogP contribution is 2.39. The number of methoxy groups -OCH3 is 1. The van der Waals surface area contributed by atoms with Crippen LogP contribution in [0.1, 0.15) is 27.9 Å². The lowest BCUT2D eigenvalue weighted by molar-refractivity contribution is 0.0295. The van der Waals surface area contributed by atoms with Crippen molar-refractivity contribution < 1.29 is 34.0 Å². The lowest BCUT2D eigenvalue weighted by atomic mass is 10.2. The number of esters is 1. The standard InChI is InChI=1S/C19H22N2O7/c1-3-28-19(25)15-17(23)16(22)14(18(24)20-8-10-27-11-9-20)21(15)12-4-6-13(26-2)7-5-12/h4-7,22-23H,3,8-11H2,1-2H3. The van der Waals surface area contributed by atoms with Crippen LogP contribution in [0.4, 0.5) is 0 Å². The molecule has 0 unspecified atom stereocenters. The van der Waals surface area contributed by atoms with Gasteiger partial charge in [-0.1, -0.05) is 0 Å².